The van der Waals surface area contributed by atoms with Crippen LogP contribution in [0.15, 0.2) is 23.6 Å². The van der Waals surface area contributed by atoms with Crippen molar-refractivity contribution >= 4 is 5.97 Å². The van der Waals surface area contributed by atoms with Crippen molar-refractivity contribution < 1.29 is 14.3 Å². The van der Waals surface area contributed by atoms with Crippen LogP contribution < -0.4 is 0 Å². The molecule has 0 aromatic heterocycles. The number of hydrogen-bond acceptors (Lipinski definition) is 1. The Morgan fingerprint density at radius 3 is 2.73 bits per heavy atom. The Kier molecular flexibility index (Phi) is 7.60. The van der Waals surface area contributed by atoms with Crippen LogP contribution in [0, 0.1) is 0 Å². The van der Waals surface area contributed by atoms with E-state index in [1.165, 1.54) is 0 Å². The minimum Gasteiger partial charge on any atom is -0.481 e. The molecule has 0 aromatic carbocycles. The molecule has 0 fully saturated rings. The maximum Gasteiger partial charge on any atom is 0.303 e. The van der Waals surface area contributed by atoms with E-state index in [-0.39, 0.29) is 12.2 Å². The summed E-state index contributed by atoms with van der Waals surface area (Å²) in [4.78, 5) is 10.2. The SMILES string of the molecule is CC.O=C(O)CCCC1=C(F)CCC=C1. The smallest absolute Gasteiger partial charge is 0.303 e. The fourth-order valence-electron chi connectivity index (χ4n) is 1.34. The van der Waals surface area contributed by atoms with E-state index in [1.54, 1.807) is 6.08 Å². The zero-order valence-corrected chi connectivity index (χ0v) is 9.42. The molecule has 0 atom stereocenters. The number of carbonyl (C=O) groups is 1. The maximum absolute atomic E-state index is 13.1. The van der Waals surface area contributed by atoms with Gasteiger partial charge in [-0.3, -0.25) is 4.79 Å². The molecule has 0 spiro atoms. The van der Waals surface area contributed by atoms with E-state index >= 15 is 0 Å². The molecule has 0 aromatic rings. The van der Waals surface area contributed by atoms with Crippen molar-refractivity contribution in [1.29, 1.82) is 0 Å². The van der Waals surface area contributed by atoms with Gasteiger partial charge < -0.3 is 5.11 Å². The van der Waals surface area contributed by atoms with Crippen LogP contribution in [0.3, 0.4) is 0 Å². The molecule has 3 heteroatoms. The van der Waals surface area contributed by atoms with E-state index in [2.05, 4.69) is 0 Å². The van der Waals surface area contributed by atoms with Crippen LogP contribution in [0.5, 0.6) is 0 Å². The molecule has 0 aliphatic heterocycles. The van der Waals surface area contributed by atoms with E-state index in [9.17, 15) is 9.18 Å². The Hall–Kier alpha value is -1.12. The highest BCUT2D eigenvalue weighted by atomic mass is 19.1. The Bertz CT molecular complexity index is 254. The molecule has 15 heavy (non-hydrogen) atoms. The molecule has 0 heterocycles. The zero-order valence-electron chi connectivity index (χ0n) is 9.42. The second-order valence-corrected chi connectivity index (χ2v) is 3.12. The standard InChI is InChI=1S/C10H13FO2.C2H6/c11-9-6-2-1-4-8(9)5-3-7-10(12)13;1-2/h1,4H,2-3,5-7H2,(H,12,13);1-2H3. The molecule has 1 N–H and O–H groups in total. The van der Waals surface area contributed by atoms with Gasteiger partial charge in [-0.15, -0.1) is 0 Å². The molecular formula is C12H19FO2. The third kappa shape index (κ3) is 6.05. The minimum absolute atomic E-state index is 0.0760. The second kappa shape index (κ2) is 8.21. The predicted molar refractivity (Wildman–Crippen MR) is 59.3 cm³/mol. The van der Waals surface area contributed by atoms with Crippen molar-refractivity contribution in [1.82, 2.24) is 0 Å². The highest BCUT2D eigenvalue weighted by Gasteiger charge is 2.07. The molecule has 0 amide bonds. The molecule has 2 nitrogen and oxygen atoms in total. The fourth-order valence-corrected chi connectivity index (χ4v) is 1.34. The maximum atomic E-state index is 13.1. The van der Waals surface area contributed by atoms with Crippen molar-refractivity contribution in [2.24, 2.45) is 0 Å². The lowest BCUT2D eigenvalue weighted by molar-refractivity contribution is -0.137. The van der Waals surface area contributed by atoms with Gasteiger partial charge in [-0.2, -0.15) is 0 Å². The van der Waals surface area contributed by atoms with Crippen molar-refractivity contribution in [3.8, 4) is 0 Å². The normalized spacial score (nSPS) is 14.6. The van der Waals surface area contributed by atoms with Gasteiger partial charge in [0.1, 0.15) is 5.83 Å². The fraction of sp³-hybridized carbons (Fsp3) is 0.583. The lowest BCUT2D eigenvalue weighted by atomic mass is 10.0. The summed E-state index contributed by atoms with van der Waals surface area (Å²) < 4.78 is 13.1. The van der Waals surface area contributed by atoms with Crippen LogP contribution in [0.2, 0.25) is 0 Å². The number of hydrogen-bond donors (Lipinski definition) is 1. The molecule has 0 bridgehead atoms. The van der Waals surface area contributed by atoms with Crippen LogP contribution in [0.1, 0.15) is 46.0 Å². The molecule has 0 saturated heterocycles. The number of rotatable bonds is 4. The van der Waals surface area contributed by atoms with Crippen molar-refractivity contribution in [2.45, 2.75) is 46.0 Å². The number of carboxylic acids is 1. The molecular weight excluding hydrogens is 195 g/mol. The first-order valence-electron chi connectivity index (χ1n) is 5.46. The summed E-state index contributed by atoms with van der Waals surface area (Å²) in [5, 5.41) is 8.38. The molecule has 1 rings (SSSR count). The zero-order chi connectivity index (χ0) is 11.7. The highest BCUT2D eigenvalue weighted by molar-refractivity contribution is 5.66. The largest absolute Gasteiger partial charge is 0.481 e. The Morgan fingerprint density at radius 1 is 1.53 bits per heavy atom. The van der Waals surface area contributed by atoms with E-state index in [0.717, 1.165) is 6.42 Å². The van der Waals surface area contributed by atoms with E-state index in [1.807, 2.05) is 19.9 Å². The van der Waals surface area contributed by atoms with Crippen molar-refractivity contribution in [2.75, 3.05) is 0 Å². The van der Waals surface area contributed by atoms with Gasteiger partial charge in [0.2, 0.25) is 0 Å². The number of aliphatic carboxylic acids is 1. The van der Waals surface area contributed by atoms with Crippen LogP contribution >= 0.6 is 0 Å². The summed E-state index contributed by atoms with van der Waals surface area (Å²) in [6.45, 7) is 4.00. The average molecular weight is 214 g/mol. The topological polar surface area (TPSA) is 37.3 Å². The van der Waals surface area contributed by atoms with Crippen molar-refractivity contribution in [3.63, 3.8) is 0 Å². The van der Waals surface area contributed by atoms with Crippen molar-refractivity contribution in [3.05, 3.63) is 23.6 Å². The molecule has 0 saturated carbocycles. The Balaban J connectivity index is 0.000000921. The van der Waals surface area contributed by atoms with Gasteiger partial charge in [0, 0.05) is 12.8 Å². The van der Waals surface area contributed by atoms with Gasteiger partial charge in [-0.05, 0) is 24.8 Å². The van der Waals surface area contributed by atoms with Gasteiger partial charge >= 0.3 is 5.97 Å². The van der Waals surface area contributed by atoms with E-state index < -0.39 is 5.97 Å². The molecule has 0 unspecified atom stereocenters. The third-order valence-electron chi connectivity index (χ3n) is 2.03. The van der Waals surface area contributed by atoms with Gasteiger partial charge in [0.15, 0.2) is 0 Å². The van der Waals surface area contributed by atoms with Gasteiger partial charge in [-0.25, -0.2) is 4.39 Å². The predicted octanol–water partition coefficient (Wildman–Crippen LogP) is 3.84. The monoisotopic (exact) mass is 214 g/mol. The minimum atomic E-state index is -0.819. The lowest BCUT2D eigenvalue weighted by Gasteiger charge is -2.08. The lowest BCUT2D eigenvalue weighted by Crippen LogP contribution is -1.96. The van der Waals surface area contributed by atoms with Gasteiger partial charge in [0.05, 0.1) is 0 Å². The quantitative estimate of drug-likeness (QED) is 0.772. The first-order valence-corrected chi connectivity index (χ1v) is 5.46. The summed E-state index contributed by atoms with van der Waals surface area (Å²) >= 11 is 0. The first-order chi connectivity index (χ1) is 7.20. The summed E-state index contributed by atoms with van der Waals surface area (Å²) in [5.41, 5.74) is 0.674. The Morgan fingerprint density at radius 2 is 2.20 bits per heavy atom. The molecule has 1 aliphatic rings. The van der Waals surface area contributed by atoms with Crippen LogP contribution in [0.25, 0.3) is 0 Å². The Labute approximate surface area is 90.5 Å². The summed E-state index contributed by atoms with van der Waals surface area (Å²) in [5.74, 6) is -0.895. The van der Waals surface area contributed by atoms with Crippen LogP contribution in [-0.2, 0) is 4.79 Å². The summed E-state index contributed by atoms with van der Waals surface area (Å²) in [6, 6.07) is 0. The summed E-state index contributed by atoms with van der Waals surface area (Å²) in [6.07, 6.45) is 6.09. The molecule has 86 valence electrons. The first kappa shape index (κ1) is 13.9. The van der Waals surface area contributed by atoms with Gasteiger partial charge in [0.25, 0.3) is 0 Å². The number of carboxylic acid groups (broad SMARTS) is 1. The highest BCUT2D eigenvalue weighted by Crippen LogP contribution is 2.23. The van der Waals surface area contributed by atoms with E-state index in [0.29, 0.717) is 24.8 Å². The molecule has 1 aliphatic carbocycles. The molecule has 0 radical (unpaired) electrons. The number of halogens is 1. The van der Waals surface area contributed by atoms with Crippen LogP contribution in [-0.4, -0.2) is 11.1 Å². The van der Waals surface area contributed by atoms with Gasteiger partial charge in [-0.1, -0.05) is 26.0 Å². The second-order valence-electron chi connectivity index (χ2n) is 3.12. The average Bonchev–Trinajstić information content (AvgIpc) is 2.23. The third-order valence-corrected chi connectivity index (χ3v) is 2.03. The van der Waals surface area contributed by atoms with Crippen LogP contribution in [0.4, 0.5) is 4.39 Å². The summed E-state index contributed by atoms with van der Waals surface area (Å²) in [7, 11) is 0. The number of allylic oxidation sites excluding steroid dienone is 4. The van der Waals surface area contributed by atoms with E-state index in [4.69, 9.17) is 5.11 Å².